The average molecular weight is 528 g/mol. The van der Waals surface area contributed by atoms with E-state index < -0.39 is 16.1 Å². The molecule has 0 bridgehead atoms. The van der Waals surface area contributed by atoms with Gasteiger partial charge in [0, 0.05) is 25.6 Å². The summed E-state index contributed by atoms with van der Waals surface area (Å²) in [7, 11) is -3.50. The zero-order chi connectivity index (χ0) is 26.8. The smallest absolute Gasteiger partial charge is 0.243 e. The van der Waals surface area contributed by atoms with Crippen LogP contribution in [0.4, 0.5) is 5.69 Å². The van der Waals surface area contributed by atoms with Gasteiger partial charge in [0.2, 0.25) is 21.8 Å². The third kappa shape index (κ3) is 8.32. The molecule has 0 saturated heterocycles. The first kappa shape index (κ1) is 28.7. The van der Waals surface area contributed by atoms with Crippen LogP contribution in [0.3, 0.4) is 0 Å². The number of sulfonamides is 1. The molecule has 1 N–H and O–H groups in total. The molecule has 2 amide bonds. The second kappa shape index (κ2) is 13.6. The van der Waals surface area contributed by atoms with Crippen LogP contribution < -0.4 is 9.62 Å². The second-order valence-corrected chi connectivity index (χ2v) is 11.9. The van der Waals surface area contributed by atoms with Crippen LogP contribution in [-0.2, 0) is 26.2 Å². The fraction of sp³-hybridized carbons (Fsp3) is 0.517. The van der Waals surface area contributed by atoms with Gasteiger partial charge in [-0.25, -0.2) is 8.42 Å². The Balaban J connectivity index is 1.75. The van der Waals surface area contributed by atoms with Gasteiger partial charge in [-0.15, -0.1) is 0 Å². The summed E-state index contributed by atoms with van der Waals surface area (Å²) in [6, 6.07) is 16.4. The average Bonchev–Trinajstić information content (AvgIpc) is 2.88. The Morgan fingerprint density at radius 1 is 1.00 bits per heavy atom. The number of hydrogen-bond donors (Lipinski definition) is 1. The minimum absolute atomic E-state index is 0.0987. The monoisotopic (exact) mass is 527 g/mol. The maximum Gasteiger partial charge on any atom is 0.243 e. The van der Waals surface area contributed by atoms with Gasteiger partial charge in [-0.1, -0.05) is 68.7 Å². The molecule has 0 aliphatic heterocycles. The van der Waals surface area contributed by atoms with Gasteiger partial charge in [-0.05, 0) is 55.9 Å². The lowest BCUT2D eigenvalue weighted by molar-refractivity contribution is -0.141. The Hall–Kier alpha value is -2.87. The zero-order valence-electron chi connectivity index (χ0n) is 22.4. The molecule has 0 aromatic heterocycles. The lowest BCUT2D eigenvalue weighted by atomic mass is 9.95. The Labute approximate surface area is 222 Å². The highest BCUT2D eigenvalue weighted by Crippen LogP contribution is 2.21. The molecule has 0 spiro atoms. The SMILES string of the molecule is CC[C@@H](C(=O)NC1CCCCC1)N(Cc1ccccc1C)C(=O)CCCN(c1ccccc1)S(C)(=O)=O. The van der Waals surface area contributed by atoms with E-state index in [1.165, 1.54) is 17.0 Å². The summed E-state index contributed by atoms with van der Waals surface area (Å²) < 4.78 is 26.2. The number of rotatable bonds is 12. The van der Waals surface area contributed by atoms with Crippen molar-refractivity contribution in [1.29, 1.82) is 0 Å². The van der Waals surface area contributed by atoms with Crippen molar-refractivity contribution in [3.8, 4) is 0 Å². The van der Waals surface area contributed by atoms with Gasteiger partial charge in [0.15, 0.2) is 0 Å². The number of amides is 2. The third-order valence-corrected chi connectivity index (χ3v) is 8.33. The normalized spacial score (nSPS) is 15.1. The Kier molecular flexibility index (Phi) is 10.6. The molecule has 7 nitrogen and oxygen atoms in total. The molecule has 2 aromatic carbocycles. The molecule has 1 saturated carbocycles. The first-order valence-electron chi connectivity index (χ1n) is 13.4. The quantitative estimate of drug-likeness (QED) is 0.430. The van der Waals surface area contributed by atoms with Crippen molar-refractivity contribution in [3.05, 3.63) is 65.7 Å². The molecule has 0 heterocycles. The molecule has 8 heteroatoms. The summed E-state index contributed by atoms with van der Waals surface area (Å²) in [6.07, 6.45) is 7.59. The highest BCUT2D eigenvalue weighted by molar-refractivity contribution is 7.92. The highest BCUT2D eigenvalue weighted by atomic mass is 32.2. The van der Waals surface area contributed by atoms with Crippen molar-refractivity contribution in [3.63, 3.8) is 0 Å². The summed E-state index contributed by atoms with van der Waals surface area (Å²) >= 11 is 0. The van der Waals surface area contributed by atoms with Crippen molar-refractivity contribution in [2.45, 2.75) is 83.8 Å². The van der Waals surface area contributed by atoms with Gasteiger partial charge in [0.05, 0.1) is 11.9 Å². The number of nitrogens with one attached hydrogen (secondary N) is 1. The Morgan fingerprint density at radius 3 is 2.27 bits per heavy atom. The molecule has 0 radical (unpaired) electrons. The van der Waals surface area contributed by atoms with E-state index in [1.54, 1.807) is 29.2 Å². The maximum absolute atomic E-state index is 13.6. The zero-order valence-corrected chi connectivity index (χ0v) is 23.2. The van der Waals surface area contributed by atoms with Crippen LogP contribution in [0.2, 0.25) is 0 Å². The van der Waals surface area contributed by atoms with E-state index in [0.717, 1.165) is 36.8 Å². The topological polar surface area (TPSA) is 86.8 Å². The van der Waals surface area contributed by atoms with Crippen molar-refractivity contribution in [2.24, 2.45) is 0 Å². The maximum atomic E-state index is 13.6. The number of carbonyl (C=O) groups is 2. The van der Waals surface area contributed by atoms with Crippen molar-refractivity contribution in [2.75, 3.05) is 17.1 Å². The van der Waals surface area contributed by atoms with Gasteiger partial charge in [-0.3, -0.25) is 13.9 Å². The van der Waals surface area contributed by atoms with Gasteiger partial charge in [0.1, 0.15) is 6.04 Å². The standard InChI is InChI=1S/C29H41N3O4S/c1-4-27(29(34)30-25-16-7-5-8-17-25)31(22-24-15-12-11-14-23(24)2)28(33)20-13-21-32(37(3,35)36)26-18-9-6-10-19-26/h6,9-12,14-15,18-19,25,27H,4-5,7-8,13,16-17,20-22H2,1-3H3,(H,30,34)/t27-/m0/s1. The molecule has 3 rings (SSSR count). The van der Waals surface area contributed by atoms with E-state index in [4.69, 9.17) is 0 Å². The van der Waals surface area contributed by atoms with E-state index in [-0.39, 0.29) is 30.8 Å². The molecule has 0 unspecified atom stereocenters. The first-order valence-corrected chi connectivity index (χ1v) is 15.2. The molecule has 2 aromatic rings. The van der Waals surface area contributed by atoms with Crippen LogP contribution >= 0.6 is 0 Å². The van der Waals surface area contributed by atoms with Crippen LogP contribution in [0, 0.1) is 6.92 Å². The molecule has 1 aliphatic carbocycles. The van der Waals surface area contributed by atoms with Gasteiger partial charge < -0.3 is 10.2 Å². The minimum Gasteiger partial charge on any atom is -0.352 e. The fourth-order valence-corrected chi connectivity index (χ4v) is 6.00. The molecule has 1 fully saturated rings. The van der Waals surface area contributed by atoms with Gasteiger partial charge in [0.25, 0.3) is 0 Å². The van der Waals surface area contributed by atoms with Crippen molar-refractivity contribution in [1.82, 2.24) is 10.2 Å². The predicted molar refractivity (Wildman–Crippen MR) is 149 cm³/mol. The molecule has 202 valence electrons. The van der Waals surface area contributed by atoms with Gasteiger partial charge >= 0.3 is 0 Å². The number of benzene rings is 2. The second-order valence-electron chi connectivity index (χ2n) is 9.99. The number of carbonyl (C=O) groups excluding carboxylic acids is 2. The van der Waals surface area contributed by atoms with Crippen LogP contribution in [0.25, 0.3) is 0 Å². The first-order chi connectivity index (χ1) is 17.7. The number of hydrogen-bond acceptors (Lipinski definition) is 4. The third-order valence-electron chi connectivity index (χ3n) is 7.14. The fourth-order valence-electron chi connectivity index (χ4n) is 5.03. The number of nitrogens with zero attached hydrogens (tertiary/aromatic N) is 2. The lowest BCUT2D eigenvalue weighted by Gasteiger charge is -2.33. The number of aryl methyl sites for hydroxylation is 1. The highest BCUT2D eigenvalue weighted by Gasteiger charge is 2.30. The lowest BCUT2D eigenvalue weighted by Crippen LogP contribution is -2.51. The van der Waals surface area contributed by atoms with E-state index in [1.807, 2.05) is 44.2 Å². The molecular formula is C29H41N3O4S. The summed E-state index contributed by atoms with van der Waals surface area (Å²) in [5.41, 5.74) is 2.64. The summed E-state index contributed by atoms with van der Waals surface area (Å²) in [5.74, 6) is -0.242. The molecule has 37 heavy (non-hydrogen) atoms. The van der Waals surface area contributed by atoms with E-state index in [0.29, 0.717) is 25.1 Å². The largest absolute Gasteiger partial charge is 0.352 e. The van der Waals surface area contributed by atoms with E-state index >= 15 is 0 Å². The Bertz CT molecular complexity index is 1130. The van der Waals surface area contributed by atoms with Gasteiger partial charge in [-0.2, -0.15) is 0 Å². The Morgan fingerprint density at radius 2 is 1.65 bits per heavy atom. The molecular weight excluding hydrogens is 486 g/mol. The summed E-state index contributed by atoms with van der Waals surface area (Å²) in [6.45, 7) is 4.48. The van der Waals surface area contributed by atoms with Crippen LogP contribution in [0.5, 0.6) is 0 Å². The summed E-state index contributed by atoms with van der Waals surface area (Å²) in [4.78, 5) is 28.7. The number of anilines is 1. The molecule has 1 atom stereocenters. The minimum atomic E-state index is -3.50. The predicted octanol–water partition coefficient (Wildman–Crippen LogP) is 4.80. The summed E-state index contributed by atoms with van der Waals surface area (Å²) in [5, 5.41) is 3.20. The van der Waals surface area contributed by atoms with Crippen LogP contribution in [0.1, 0.15) is 69.4 Å². The van der Waals surface area contributed by atoms with E-state index in [2.05, 4.69) is 5.32 Å². The van der Waals surface area contributed by atoms with Crippen LogP contribution in [-0.4, -0.2) is 50.0 Å². The molecule has 1 aliphatic rings. The van der Waals surface area contributed by atoms with Crippen molar-refractivity contribution >= 4 is 27.5 Å². The van der Waals surface area contributed by atoms with E-state index in [9.17, 15) is 18.0 Å². The van der Waals surface area contributed by atoms with Crippen LogP contribution in [0.15, 0.2) is 54.6 Å². The van der Waals surface area contributed by atoms with Crippen molar-refractivity contribution < 1.29 is 18.0 Å². The number of para-hydroxylation sites is 1.